The van der Waals surface area contributed by atoms with Crippen LogP contribution in [-0.4, -0.2) is 43.2 Å². The molecule has 14 heteroatoms. The SMILES string of the molecule is Cc1cccc(C)c1-c1noc(C)c1N(C(=O)NCc1ccc(-n2cccn2)cc1)N(C(=O)NCc1ccc(OC(C)C)nc1)c1c(-c2c(C)cccc2C)noc1C. The standard InChI is InChI=1S/C45H47N9O5/c1-27(2)57-37-21-18-35(25-46-37)26-48-45(56)54(43-33(8)59-51-41(43)39-30(5)14-10-15-31(39)6)53(42-32(7)58-50-40(42)38-28(3)12-9-13-29(38)4)44(55)47-24-34-16-19-36(20-17-34)52-23-11-22-49-52/h9-23,25,27H,24,26H2,1-8H3,(H,47,55)(H,48,56). The van der Waals surface area contributed by atoms with Gasteiger partial charge in [0.2, 0.25) is 5.88 Å². The van der Waals surface area contributed by atoms with Crippen molar-refractivity contribution in [2.45, 2.75) is 74.6 Å². The van der Waals surface area contributed by atoms with Gasteiger partial charge in [0.25, 0.3) is 0 Å². The smallest absolute Gasteiger partial charge is 0.341 e. The second-order valence-electron chi connectivity index (χ2n) is 14.6. The Morgan fingerprint density at radius 2 is 1.17 bits per heavy atom. The molecule has 3 aromatic carbocycles. The van der Waals surface area contributed by atoms with Crippen molar-refractivity contribution < 1.29 is 23.4 Å². The number of hydrazine groups is 1. The molecular formula is C45H47N9O5. The number of benzene rings is 3. The fourth-order valence-corrected chi connectivity index (χ4v) is 7.04. The van der Waals surface area contributed by atoms with Gasteiger partial charge >= 0.3 is 12.1 Å². The average molecular weight is 794 g/mol. The normalized spacial score (nSPS) is 11.1. The molecule has 4 heterocycles. The lowest BCUT2D eigenvalue weighted by Crippen LogP contribution is -2.57. The maximum absolute atomic E-state index is 15.1. The zero-order valence-corrected chi connectivity index (χ0v) is 34.4. The molecule has 0 saturated heterocycles. The Morgan fingerprint density at radius 1 is 0.678 bits per heavy atom. The molecule has 0 aliphatic heterocycles. The number of aromatic nitrogens is 5. The molecule has 0 spiro atoms. The summed E-state index contributed by atoms with van der Waals surface area (Å²) in [4.78, 5) is 34.7. The van der Waals surface area contributed by atoms with Crippen LogP contribution >= 0.6 is 0 Å². The van der Waals surface area contributed by atoms with E-state index >= 15 is 9.59 Å². The molecule has 0 aliphatic rings. The fourth-order valence-electron chi connectivity index (χ4n) is 7.04. The summed E-state index contributed by atoms with van der Waals surface area (Å²) in [5, 5.41) is 22.0. The van der Waals surface area contributed by atoms with E-state index in [2.05, 4.69) is 31.0 Å². The highest BCUT2D eigenvalue weighted by Crippen LogP contribution is 2.42. The minimum Gasteiger partial charge on any atom is -0.475 e. The molecule has 7 aromatic rings. The van der Waals surface area contributed by atoms with Crippen LogP contribution < -0.4 is 25.4 Å². The van der Waals surface area contributed by atoms with Crippen LogP contribution in [0.3, 0.4) is 0 Å². The van der Waals surface area contributed by atoms with E-state index in [0.717, 1.165) is 44.6 Å². The first-order valence-corrected chi connectivity index (χ1v) is 19.3. The van der Waals surface area contributed by atoms with Crippen molar-refractivity contribution in [2.24, 2.45) is 0 Å². The van der Waals surface area contributed by atoms with Gasteiger partial charge in [0.15, 0.2) is 11.5 Å². The molecule has 0 aliphatic carbocycles. The van der Waals surface area contributed by atoms with E-state index in [9.17, 15) is 0 Å². The lowest BCUT2D eigenvalue weighted by atomic mass is 9.98. The van der Waals surface area contributed by atoms with E-state index in [0.29, 0.717) is 34.4 Å². The van der Waals surface area contributed by atoms with Crippen molar-refractivity contribution in [3.8, 4) is 34.1 Å². The van der Waals surface area contributed by atoms with Crippen molar-refractivity contribution in [3.63, 3.8) is 0 Å². The van der Waals surface area contributed by atoms with Gasteiger partial charge in [-0.25, -0.2) is 19.3 Å². The van der Waals surface area contributed by atoms with Crippen LogP contribution in [-0.2, 0) is 13.1 Å². The Kier molecular flexibility index (Phi) is 11.6. The highest BCUT2D eigenvalue weighted by atomic mass is 16.5. The van der Waals surface area contributed by atoms with Gasteiger partial charge in [-0.05, 0) is 107 Å². The zero-order valence-electron chi connectivity index (χ0n) is 34.4. The third-order valence-corrected chi connectivity index (χ3v) is 9.85. The van der Waals surface area contributed by atoms with Crippen LogP contribution in [0.25, 0.3) is 28.2 Å². The molecule has 0 radical (unpaired) electrons. The van der Waals surface area contributed by atoms with E-state index in [1.165, 1.54) is 10.0 Å². The summed E-state index contributed by atoms with van der Waals surface area (Å²) < 4.78 is 19.3. The maximum Gasteiger partial charge on any atom is 0.341 e. The number of carbonyl (C=O) groups is 2. The minimum atomic E-state index is -0.655. The Morgan fingerprint density at radius 3 is 1.61 bits per heavy atom. The van der Waals surface area contributed by atoms with E-state index in [1.54, 1.807) is 37.0 Å². The van der Waals surface area contributed by atoms with Gasteiger partial charge < -0.3 is 24.4 Å². The highest BCUT2D eigenvalue weighted by molar-refractivity contribution is 6.09. The lowest BCUT2D eigenvalue weighted by molar-refractivity contribution is 0.232. The second-order valence-corrected chi connectivity index (χ2v) is 14.6. The number of hydrogen-bond donors (Lipinski definition) is 2. The van der Waals surface area contributed by atoms with Crippen molar-refractivity contribution >= 4 is 23.4 Å². The molecule has 0 bridgehead atoms. The van der Waals surface area contributed by atoms with Gasteiger partial charge in [-0.15, -0.1) is 0 Å². The molecule has 4 aromatic heterocycles. The summed E-state index contributed by atoms with van der Waals surface area (Å²) >= 11 is 0. The number of nitrogens with zero attached hydrogens (tertiary/aromatic N) is 7. The van der Waals surface area contributed by atoms with Gasteiger partial charge in [-0.1, -0.05) is 64.9 Å². The summed E-state index contributed by atoms with van der Waals surface area (Å²) in [6.45, 7) is 15.3. The number of ether oxygens (including phenoxy) is 1. The topological polar surface area (TPSA) is 157 Å². The van der Waals surface area contributed by atoms with Gasteiger partial charge in [0.1, 0.15) is 22.8 Å². The molecule has 4 amide bonds. The summed E-state index contributed by atoms with van der Waals surface area (Å²) in [6, 6.07) is 23.6. The third-order valence-electron chi connectivity index (χ3n) is 9.85. The van der Waals surface area contributed by atoms with Crippen LogP contribution in [0.4, 0.5) is 21.0 Å². The van der Waals surface area contributed by atoms with Crippen LogP contribution in [0.15, 0.2) is 106 Å². The van der Waals surface area contributed by atoms with E-state index in [1.807, 2.05) is 121 Å². The Balaban J connectivity index is 1.37. The summed E-state index contributed by atoms with van der Waals surface area (Å²) in [5.74, 6) is 1.06. The number of amides is 4. The predicted octanol–water partition coefficient (Wildman–Crippen LogP) is 9.26. The van der Waals surface area contributed by atoms with Crippen LogP contribution in [0.2, 0.25) is 0 Å². The number of urea groups is 2. The van der Waals surface area contributed by atoms with Crippen molar-refractivity contribution in [2.75, 3.05) is 10.0 Å². The molecule has 14 nitrogen and oxygen atoms in total. The highest BCUT2D eigenvalue weighted by Gasteiger charge is 2.39. The molecule has 0 saturated carbocycles. The molecule has 2 N–H and O–H groups in total. The van der Waals surface area contributed by atoms with Crippen molar-refractivity contribution in [3.05, 3.63) is 142 Å². The fraction of sp³-hybridized carbons (Fsp3) is 0.244. The summed E-state index contributed by atoms with van der Waals surface area (Å²) in [7, 11) is 0. The Hall–Kier alpha value is -7.22. The maximum atomic E-state index is 15.1. The predicted molar refractivity (Wildman–Crippen MR) is 225 cm³/mol. The van der Waals surface area contributed by atoms with Crippen LogP contribution in [0, 0.1) is 41.5 Å². The zero-order chi connectivity index (χ0) is 41.8. The largest absolute Gasteiger partial charge is 0.475 e. The Labute approximate surface area is 342 Å². The van der Waals surface area contributed by atoms with E-state index in [4.69, 9.17) is 13.8 Å². The molecule has 0 unspecified atom stereocenters. The van der Waals surface area contributed by atoms with E-state index in [-0.39, 0.29) is 30.6 Å². The van der Waals surface area contributed by atoms with Gasteiger partial charge in [-0.3, -0.25) is 0 Å². The van der Waals surface area contributed by atoms with Crippen LogP contribution in [0.1, 0.15) is 58.7 Å². The second kappa shape index (κ2) is 17.1. The van der Waals surface area contributed by atoms with Gasteiger partial charge in [-0.2, -0.15) is 15.1 Å². The summed E-state index contributed by atoms with van der Waals surface area (Å²) in [5.41, 5.74) is 8.80. The molecule has 0 atom stereocenters. The van der Waals surface area contributed by atoms with Crippen molar-refractivity contribution in [1.82, 2.24) is 35.7 Å². The number of anilines is 2. The lowest BCUT2D eigenvalue weighted by Gasteiger charge is -2.34. The number of nitrogens with one attached hydrogen (secondary N) is 2. The molecule has 59 heavy (non-hydrogen) atoms. The van der Waals surface area contributed by atoms with Crippen molar-refractivity contribution in [1.29, 1.82) is 0 Å². The number of carbonyl (C=O) groups excluding carboxylic acids is 2. The third kappa shape index (κ3) is 8.42. The average Bonchev–Trinajstić information content (AvgIpc) is 3.97. The minimum absolute atomic E-state index is 0.0488. The Bertz CT molecular complexity index is 2540. The molecule has 302 valence electrons. The first kappa shape index (κ1) is 40.0. The summed E-state index contributed by atoms with van der Waals surface area (Å²) in [6.07, 6.45) is 5.16. The van der Waals surface area contributed by atoms with Gasteiger partial charge in [0.05, 0.1) is 11.8 Å². The monoisotopic (exact) mass is 793 g/mol. The first-order valence-electron chi connectivity index (χ1n) is 19.3. The van der Waals surface area contributed by atoms with Crippen LogP contribution in [0.5, 0.6) is 5.88 Å². The number of hydrogen-bond acceptors (Lipinski definition) is 9. The number of rotatable bonds is 11. The molecular weight excluding hydrogens is 747 g/mol. The molecule has 7 rings (SSSR count). The quantitative estimate of drug-likeness (QED) is 0.122. The number of aryl methyl sites for hydroxylation is 6. The van der Waals surface area contributed by atoms with E-state index < -0.39 is 12.1 Å². The molecule has 0 fully saturated rings. The number of pyridine rings is 1. The first-order chi connectivity index (χ1) is 28.4. The van der Waals surface area contributed by atoms with Gasteiger partial charge in [0, 0.05) is 48.9 Å².